The van der Waals surface area contributed by atoms with Crippen LogP contribution in [-0.4, -0.2) is 34.2 Å². The van der Waals surface area contributed by atoms with Crippen molar-refractivity contribution >= 4 is 39.1 Å². The third-order valence-electron chi connectivity index (χ3n) is 4.66. The summed E-state index contributed by atoms with van der Waals surface area (Å²) in [6.45, 7) is 1.31. The first-order valence-corrected chi connectivity index (χ1v) is 12.3. The van der Waals surface area contributed by atoms with Gasteiger partial charge in [0.2, 0.25) is 5.91 Å². The van der Waals surface area contributed by atoms with Crippen molar-refractivity contribution in [2.45, 2.75) is 16.7 Å². The van der Waals surface area contributed by atoms with Crippen molar-refractivity contribution in [1.82, 2.24) is 0 Å². The molecule has 3 rings (SSSR count). The first kappa shape index (κ1) is 23.6. The van der Waals surface area contributed by atoms with Gasteiger partial charge in [0.05, 0.1) is 23.4 Å². The van der Waals surface area contributed by atoms with Crippen molar-refractivity contribution < 1.29 is 22.3 Å². The molecule has 0 atom stereocenters. The van der Waals surface area contributed by atoms with Crippen LogP contribution >= 0.6 is 11.8 Å². The van der Waals surface area contributed by atoms with Gasteiger partial charge in [-0.3, -0.25) is 9.10 Å². The number of hydrogen-bond donors (Lipinski definition) is 1. The van der Waals surface area contributed by atoms with Crippen LogP contribution in [0.2, 0.25) is 0 Å². The molecule has 0 aliphatic rings. The van der Waals surface area contributed by atoms with Gasteiger partial charge < -0.3 is 10.1 Å². The molecule has 32 heavy (non-hydrogen) atoms. The molecule has 0 aromatic heterocycles. The second-order valence-electron chi connectivity index (χ2n) is 6.92. The van der Waals surface area contributed by atoms with Crippen molar-refractivity contribution in [2.75, 3.05) is 29.5 Å². The molecule has 168 valence electrons. The Morgan fingerprint density at radius 1 is 1.09 bits per heavy atom. The highest BCUT2D eigenvalue weighted by Crippen LogP contribution is 2.28. The highest BCUT2D eigenvalue weighted by molar-refractivity contribution is 7.98. The second-order valence-corrected chi connectivity index (χ2v) is 9.66. The Bertz CT molecular complexity index is 1210. The Balaban J connectivity index is 1.96. The minimum absolute atomic E-state index is 0.000460. The molecule has 3 aromatic carbocycles. The van der Waals surface area contributed by atoms with Crippen LogP contribution in [0.5, 0.6) is 5.75 Å². The first-order chi connectivity index (χ1) is 15.2. The molecule has 0 unspecified atom stereocenters. The number of amides is 1. The van der Waals surface area contributed by atoms with Crippen molar-refractivity contribution in [2.24, 2.45) is 0 Å². The van der Waals surface area contributed by atoms with E-state index in [2.05, 4.69) is 5.32 Å². The fraction of sp³-hybridized carbons (Fsp3) is 0.174. The quantitative estimate of drug-likeness (QED) is 0.479. The number of nitrogens with one attached hydrogen (secondary N) is 1. The van der Waals surface area contributed by atoms with Crippen LogP contribution in [0, 0.1) is 12.7 Å². The lowest BCUT2D eigenvalue weighted by Gasteiger charge is -2.24. The molecule has 3 aromatic rings. The van der Waals surface area contributed by atoms with Gasteiger partial charge in [-0.15, -0.1) is 11.8 Å². The van der Waals surface area contributed by atoms with Crippen molar-refractivity contribution in [3.63, 3.8) is 0 Å². The first-order valence-electron chi connectivity index (χ1n) is 9.61. The zero-order valence-corrected chi connectivity index (χ0v) is 19.5. The number of carbonyl (C=O) groups is 1. The van der Waals surface area contributed by atoms with Crippen LogP contribution in [0.3, 0.4) is 0 Å². The number of benzene rings is 3. The van der Waals surface area contributed by atoms with E-state index in [0.29, 0.717) is 11.4 Å². The molecule has 0 bridgehead atoms. The van der Waals surface area contributed by atoms with E-state index in [-0.39, 0.29) is 10.6 Å². The molecule has 0 fully saturated rings. The molecule has 0 radical (unpaired) electrons. The molecule has 0 heterocycles. The minimum atomic E-state index is -4.14. The normalized spacial score (nSPS) is 11.1. The summed E-state index contributed by atoms with van der Waals surface area (Å²) in [6, 6.07) is 16.7. The predicted molar refractivity (Wildman–Crippen MR) is 126 cm³/mol. The average molecular weight is 475 g/mol. The van der Waals surface area contributed by atoms with Gasteiger partial charge in [-0.1, -0.05) is 12.1 Å². The van der Waals surface area contributed by atoms with Crippen LogP contribution in [0.25, 0.3) is 0 Å². The van der Waals surface area contributed by atoms with Gasteiger partial charge in [-0.2, -0.15) is 0 Å². The Hall–Kier alpha value is -3.04. The summed E-state index contributed by atoms with van der Waals surface area (Å²) >= 11 is 1.48. The molecule has 0 saturated carbocycles. The highest BCUT2D eigenvalue weighted by atomic mass is 32.2. The van der Waals surface area contributed by atoms with Crippen LogP contribution < -0.4 is 14.4 Å². The number of anilines is 2. The molecule has 0 saturated heterocycles. The summed E-state index contributed by atoms with van der Waals surface area (Å²) in [4.78, 5) is 13.8. The van der Waals surface area contributed by atoms with E-state index in [1.165, 1.54) is 49.2 Å². The van der Waals surface area contributed by atoms with E-state index < -0.39 is 28.3 Å². The number of nitrogens with zero attached hydrogens (tertiary/aromatic N) is 1. The maximum Gasteiger partial charge on any atom is 0.264 e. The predicted octanol–water partition coefficient (Wildman–Crippen LogP) is 4.70. The summed E-state index contributed by atoms with van der Waals surface area (Å²) in [5.41, 5.74) is 1.35. The minimum Gasteiger partial charge on any atom is -0.495 e. The zero-order valence-electron chi connectivity index (χ0n) is 17.8. The van der Waals surface area contributed by atoms with Gasteiger partial charge in [0.15, 0.2) is 0 Å². The molecule has 0 aliphatic heterocycles. The number of ether oxygens (including phenoxy) is 1. The third-order valence-corrected chi connectivity index (χ3v) is 7.19. The zero-order chi connectivity index (χ0) is 23.3. The largest absolute Gasteiger partial charge is 0.495 e. The van der Waals surface area contributed by atoms with Gasteiger partial charge in [0.1, 0.15) is 18.1 Å². The molecular formula is C23H23FN2O4S2. The van der Waals surface area contributed by atoms with Gasteiger partial charge in [-0.05, 0) is 73.3 Å². The summed E-state index contributed by atoms with van der Waals surface area (Å²) < 4.78 is 46.9. The Labute approximate surface area is 191 Å². The van der Waals surface area contributed by atoms with Crippen molar-refractivity contribution in [1.29, 1.82) is 0 Å². The Morgan fingerprint density at radius 3 is 2.44 bits per heavy atom. The highest BCUT2D eigenvalue weighted by Gasteiger charge is 2.28. The number of thioether (sulfide) groups is 1. The number of rotatable bonds is 8. The number of aryl methyl sites for hydroxylation is 1. The second kappa shape index (κ2) is 10.1. The van der Waals surface area contributed by atoms with Crippen LogP contribution in [0.1, 0.15) is 5.56 Å². The van der Waals surface area contributed by atoms with Gasteiger partial charge in [0.25, 0.3) is 10.0 Å². The van der Waals surface area contributed by atoms with E-state index in [0.717, 1.165) is 20.8 Å². The van der Waals surface area contributed by atoms with E-state index in [4.69, 9.17) is 4.74 Å². The van der Waals surface area contributed by atoms with E-state index in [1.807, 2.05) is 19.2 Å². The molecule has 0 aliphatic carbocycles. The number of hydrogen-bond acceptors (Lipinski definition) is 5. The van der Waals surface area contributed by atoms with E-state index in [9.17, 15) is 17.6 Å². The van der Waals surface area contributed by atoms with Crippen molar-refractivity contribution in [3.8, 4) is 5.75 Å². The molecule has 6 nitrogen and oxygen atoms in total. The molecule has 0 spiro atoms. The molecule has 1 N–H and O–H groups in total. The summed E-state index contributed by atoms with van der Waals surface area (Å²) in [5, 5.41) is 2.69. The lowest BCUT2D eigenvalue weighted by Crippen LogP contribution is -2.38. The summed E-state index contributed by atoms with van der Waals surface area (Å²) in [7, 11) is -2.67. The van der Waals surface area contributed by atoms with Crippen LogP contribution in [0.4, 0.5) is 15.8 Å². The molecule has 1 amide bonds. The topological polar surface area (TPSA) is 75.7 Å². The van der Waals surface area contributed by atoms with E-state index >= 15 is 0 Å². The van der Waals surface area contributed by atoms with E-state index in [1.54, 1.807) is 24.3 Å². The third kappa shape index (κ3) is 5.41. The number of methoxy groups -OCH3 is 1. The van der Waals surface area contributed by atoms with Crippen molar-refractivity contribution in [3.05, 3.63) is 78.1 Å². The monoisotopic (exact) mass is 474 g/mol. The standard InChI is InChI=1S/C23H23FN2O4S2/c1-16-7-12-22(30-2)21(13-16)25-23(27)15-26(18-6-4-5-17(24)14-18)32(28,29)20-10-8-19(31-3)9-11-20/h4-14H,15H2,1-3H3,(H,25,27). The molecular weight excluding hydrogens is 451 g/mol. The maximum absolute atomic E-state index is 13.9. The number of sulfonamides is 1. The van der Waals surface area contributed by atoms with Crippen LogP contribution in [-0.2, 0) is 14.8 Å². The maximum atomic E-state index is 13.9. The number of halogens is 1. The Kier molecular flexibility index (Phi) is 7.42. The fourth-order valence-electron chi connectivity index (χ4n) is 3.06. The smallest absolute Gasteiger partial charge is 0.264 e. The van der Waals surface area contributed by atoms with Crippen LogP contribution in [0.15, 0.2) is 76.5 Å². The lowest BCUT2D eigenvalue weighted by molar-refractivity contribution is -0.114. The summed E-state index contributed by atoms with van der Waals surface area (Å²) in [6.07, 6.45) is 1.88. The average Bonchev–Trinajstić information content (AvgIpc) is 2.77. The van der Waals surface area contributed by atoms with Gasteiger partial charge >= 0.3 is 0 Å². The SMILES string of the molecule is COc1ccc(C)cc1NC(=O)CN(c1cccc(F)c1)S(=O)(=O)c1ccc(SC)cc1. The summed E-state index contributed by atoms with van der Waals surface area (Å²) in [5.74, 6) is -0.763. The number of carbonyl (C=O) groups excluding carboxylic acids is 1. The lowest BCUT2D eigenvalue weighted by atomic mass is 10.2. The fourth-order valence-corrected chi connectivity index (χ4v) is 4.88. The Morgan fingerprint density at radius 2 is 1.81 bits per heavy atom. The van der Waals surface area contributed by atoms with Gasteiger partial charge in [-0.25, -0.2) is 12.8 Å². The van der Waals surface area contributed by atoms with Gasteiger partial charge in [0, 0.05) is 4.90 Å². The molecule has 9 heteroatoms.